The van der Waals surface area contributed by atoms with Gasteiger partial charge < -0.3 is 5.73 Å². The van der Waals surface area contributed by atoms with Crippen molar-refractivity contribution in [3.63, 3.8) is 0 Å². The second kappa shape index (κ2) is 6.64. The lowest BCUT2D eigenvalue weighted by atomic mass is 10.0. The lowest BCUT2D eigenvalue weighted by Crippen LogP contribution is -2.23. The Morgan fingerprint density at radius 2 is 2.16 bits per heavy atom. The van der Waals surface area contributed by atoms with Crippen molar-refractivity contribution in [1.82, 2.24) is 4.98 Å². The Hall–Kier alpha value is -1.45. The number of nitrogens with zero attached hydrogens (tertiary/aromatic N) is 1. The Morgan fingerprint density at radius 1 is 1.32 bits per heavy atom. The molecule has 1 aromatic heterocycles. The summed E-state index contributed by atoms with van der Waals surface area (Å²) in [6, 6.07) is 8.38. The fourth-order valence-corrected chi connectivity index (χ4v) is 2.21. The molecule has 0 aliphatic heterocycles. The van der Waals surface area contributed by atoms with Crippen LogP contribution < -0.4 is 5.73 Å². The van der Waals surface area contributed by atoms with Gasteiger partial charge in [0.2, 0.25) is 0 Å². The molecule has 0 saturated heterocycles. The number of rotatable bonds is 5. The van der Waals surface area contributed by atoms with Crippen molar-refractivity contribution in [2.75, 3.05) is 0 Å². The van der Waals surface area contributed by atoms with Gasteiger partial charge in [0.05, 0.1) is 0 Å². The molecule has 0 radical (unpaired) electrons. The lowest BCUT2D eigenvalue weighted by Gasteiger charge is -2.12. The van der Waals surface area contributed by atoms with E-state index in [0.29, 0.717) is 11.4 Å². The zero-order valence-electron chi connectivity index (χ0n) is 10.5. The zero-order chi connectivity index (χ0) is 13.7. The fourth-order valence-electron chi connectivity index (χ4n) is 1.97. The van der Waals surface area contributed by atoms with Crippen LogP contribution in [0.2, 0.25) is 5.02 Å². The predicted molar refractivity (Wildman–Crippen MR) is 75.6 cm³/mol. The smallest absolute Gasteiger partial charge is 0.124 e. The summed E-state index contributed by atoms with van der Waals surface area (Å²) in [6.07, 6.45) is 5.98. The van der Waals surface area contributed by atoms with Crippen molar-refractivity contribution in [2.45, 2.75) is 25.3 Å². The molecule has 2 N–H and O–H groups in total. The second-order valence-corrected chi connectivity index (χ2v) is 5.01. The number of hydrogen-bond acceptors (Lipinski definition) is 2. The highest BCUT2D eigenvalue weighted by Crippen LogP contribution is 2.19. The SMILES string of the molecule is NC(CCc1cccnc1)Cc1ccc(F)cc1Cl. The van der Waals surface area contributed by atoms with Crippen LogP contribution in [-0.4, -0.2) is 11.0 Å². The van der Waals surface area contributed by atoms with E-state index in [1.807, 2.05) is 18.3 Å². The van der Waals surface area contributed by atoms with Gasteiger partial charge in [0.15, 0.2) is 0 Å². The van der Waals surface area contributed by atoms with Crippen LogP contribution in [0.15, 0.2) is 42.7 Å². The van der Waals surface area contributed by atoms with E-state index in [2.05, 4.69) is 4.98 Å². The first-order valence-corrected chi connectivity index (χ1v) is 6.61. The third kappa shape index (κ3) is 4.30. The molecule has 0 saturated carbocycles. The minimum atomic E-state index is -0.322. The number of aromatic nitrogens is 1. The van der Waals surface area contributed by atoms with Gasteiger partial charge in [-0.2, -0.15) is 0 Å². The molecule has 0 amide bonds. The molecule has 1 aromatic carbocycles. The zero-order valence-corrected chi connectivity index (χ0v) is 11.3. The number of hydrogen-bond donors (Lipinski definition) is 1. The summed E-state index contributed by atoms with van der Waals surface area (Å²) < 4.78 is 12.9. The molecule has 1 atom stereocenters. The molecule has 100 valence electrons. The Labute approximate surface area is 117 Å². The first-order chi connectivity index (χ1) is 9.15. The van der Waals surface area contributed by atoms with Crippen LogP contribution in [-0.2, 0) is 12.8 Å². The van der Waals surface area contributed by atoms with E-state index in [9.17, 15) is 4.39 Å². The monoisotopic (exact) mass is 278 g/mol. The third-order valence-corrected chi connectivity index (χ3v) is 3.38. The standard InChI is InChI=1S/C15H16ClFN2/c16-15-9-13(17)5-4-12(15)8-14(18)6-3-11-2-1-7-19-10-11/h1-2,4-5,7,9-10,14H,3,6,8,18H2. The highest BCUT2D eigenvalue weighted by atomic mass is 35.5. The first kappa shape index (κ1) is 14.0. The molecule has 2 rings (SSSR count). The van der Waals surface area contributed by atoms with Crippen LogP contribution in [0.4, 0.5) is 4.39 Å². The Kier molecular flexibility index (Phi) is 4.88. The quantitative estimate of drug-likeness (QED) is 0.911. The van der Waals surface area contributed by atoms with Gasteiger partial charge in [-0.15, -0.1) is 0 Å². The summed E-state index contributed by atoms with van der Waals surface area (Å²) in [4.78, 5) is 4.07. The second-order valence-electron chi connectivity index (χ2n) is 4.60. The molecular weight excluding hydrogens is 263 g/mol. The van der Waals surface area contributed by atoms with Crippen molar-refractivity contribution in [1.29, 1.82) is 0 Å². The van der Waals surface area contributed by atoms with Crippen LogP contribution in [0.5, 0.6) is 0 Å². The Morgan fingerprint density at radius 3 is 2.84 bits per heavy atom. The van der Waals surface area contributed by atoms with Crippen LogP contribution in [0.25, 0.3) is 0 Å². The van der Waals surface area contributed by atoms with E-state index in [0.717, 1.165) is 18.4 Å². The molecule has 1 unspecified atom stereocenters. The molecule has 0 fully saturated rings. The minimum absolute atomic E-state index is 0.00293. The largest absolute Gasteiger partial charge is 0.327 e. The highest BCUT2D eigenvalue weighted by Gasteiger charge is 2.08. The van der Waals surface area contributed by atoms with Crippen molar-refractivity contribution in [2.24, 2.45) is 5.73 Å². The maximum atomic E-state index is 12.9. The summed E-state index contributed by atoms with van der Waals surface area (Å²) in [5.41, 5.74) is 8.15. The van der Waals surface area contributed by atoms with Crippen molar-refractivity contribution >= 4 is 11.6 Å². The number of halogens is 2. The summed E-state index contributed by atoms with van der Waals surface area (Å²) in [5.74, 6) is -0.322. The van der Waals surface area contributed by atoms with Crippen LogP contribution >= 0.6 is 11.6 Å². The topological polar surface area (TPSA) is 38.9 Å². The van der Waals surface area contributed by atoms with Gasteiger partial charge in [0, 0.05) is 23.5 Å². The summed E-state index contributed by atoms with van der Waals surface area (Å²) >= 11 is 5.99. The molecule has 0 spiro atoms. The number of pyridine rings is 1. The van der Waals surface area contributed by atoms with Gasteiger partial charge >= 0.3 is 0 Å². The molecule has 0 aliphatic carbocycles. The lowest BCUT2D eigenvalue weighted by molar-refractivity contribution is 0.604. The van der Waals surface area contributed by atoms with Crippen LogP contribution in [0.1, 0.15) is 17.5 Å². The van der Waals surface area contributed by atoms with Crippen LogP contribution in [0, 0.1) is 5.82 Å². The summed E-state index contributed by atoms with van der Waals surface area (Å²) in [5, 5.41) is 0.442. The minimum Gasteiger partial charge on any atom is -0.327 e. The van der Waals surface area contributed by atoms with E-state index in [-0.39, 0.29) is 11.9 Å². The molecule has 0 bridgehead atoms. The number of benzene rings is 1. The molecule has 19 heavy (non-hydrogen) atoms. The normalized spacial score (nSPS) is 12.4. The summed E-state index contributed by atoms with van der Waals surface area (Å²) in [6.45, 7) is 0. The van der Waals surface area contributed by atoms with Crippen molar-refractivity contribution < 1.29 is 4.39 Å². The third-order valence-electron chi connectivity index (χ3n) is 3.02. The fraction of sp³-hybridized carbons (Fsp3) is 0.267. The van der Waals surface area contributed by atoms with Gasteiger partial charge in [0.1, 0.15) is 5.82 Å². The molecule has 0 aliphatic rings. The highest BCUT2D eigenvalue weighted by molar-refractivity contribution is 6.31. The molecule has 4 heteroatoms. The van der Waals surface area contributed by atoms with E-state index < -0.39 is 0 Å². The summed E-state index contributed by atoms with van der Waals surface area (Å²) in [7, 11) is 0. The van der Waals surface area contributed by atoms with Gasteiger partial charge in [-0.1, -0.05) is 23.7 Å². The maximum Gasteiger partial charge on any atom is 0.124 e. The van der Waals surface area contributed by atoms with E-state index >= 15 is 0 Å². The average molecular weight is 279 g/mol. The average Bonchev–Trinajstić information content (AvgIpc) is 2.41. The van der Waals surface area contributed by atoms with Gasteiger partial charge in [-0.25, -0.2) is 4.39 Å². The molecule has 1 heterocycles. The molecular formula is C15H16ClFN2. The molecule has 2 nitrogen and oxygen atoms in total. The molecule has 2 aromatic rings. The van der Waals surface area contributed by atoms with Gasteiger partial charge in [-0.3, -0.25) is 4.98 Å². The van der Waals surface area contributed by atoms with Crippen LogP contribution in [0.3, 0.4) is 0 Å². The maximum absolute atomic E-state index is 12.9. The van der Waals surface area contributed by atoms with Crippen molar-refractivity contribution in [3.05, 3.63) is 64.7 Å². The Balaban J connectivity index is 1.89. The van der Waals surface area contributed by atoms with E-state index in [1.165, 1.54) is 17.7 Å². The Bertz CT molecular complexity index is 531. The first-order valence-electron chi connectivity index (χ1n) is 6.23. The van der Waals surface area contributed by atoms with Gasteiger partial charge in [0.25, 0.3) is 0 Å². The number of aryl methyl sites for hydroxylation is 1. The van der Waals surface area contributed by atoms with E-state index in [1.54, 1.807) is 12.3 Å². The van der Waals surface area contributed by atoms with Crippen molar-refractivity contribution in [3.8, 4) is 0 Å². The predicted octanol–water partition coefficient (Wildman–Crippen LogP) is 3.38. The van der Waals surface area contributed by atoms with E-state index in [4.69, 9.17) is 17.3 Å². The van der Waals surface area contributed by atoms with Gasteiger partial charge in [-0.05, 0) is 48.6 Å². The number of nitrogens with two attached hydrogens (primary N) is 1.